The van der Waals surface area contributed by atoms with E-state index >= 15 is 0 Å². The van der Waals surface area contributed by atoms with Gasteiger partial charge in [0.15, 0.2) is 0 Å². The van der Waals surface area contributed by atoms with Crippen LogP contribution in [-0.4, -0.2) is 12.5 Å². The fraction of sp³-hybridized carbons (Fsp3) is 0.600. The smallest absolute Gasteiger partial charge is 0.0956 e. The number of thiophene rings is 1. The molecule has 2 heterocycles. The first-order chi connectivity index (χ1) is 6.81. The standard InChI is InChI=1S/C10H12BrClOS/c11-9-4-3-8(14-9)10-7(6-12)2-1-5-13-10/h3-4,7,10H,1-2,5-6H2. The van der Waals surface area contributed by atoms with Crippen molar-refractivity contribution in [2.75, 3.05) is 12.5 Å². The van der Waals surface area contributed by atoms with Crippen LogP contribution in [0.4, 0.5) is 0 Å². The Bertz CT molecular complexity index is 302. The minimum Gasteiger partial charge on any atom is -0.372 e. The fourth-order valence-electron chi connectivity index (χ4n) is 1.80. The SMILES string of the molecule is ClCC1CCCOC1c1ccc(Br)s1. The van der Waals surface area contributed by atoms with E-state index in [0.29, 0.717) is 11.8 Å². The fourth-order valence-corrected chi connectivity index (χ4v) is 3.68. The normalized spacial score (nSPS) is 27.9. The molecule has 0 aliphatic carbocycles. The van der Waals surface area contributed by atoms with Crippen LogP contribution in [0.5, 0.6) is 0 Å². The zero-order valence-electron chi connectivity index (χ0n) is 7.71. The second-order valence-corrected chi connectivity index (χ2v) is 6.29. The molecule has 78 valence electrons. The first-order valence-electron chi connectivity index (χ1n) is 4.74. The summed E-state index contributed by atoms with van der Waals surface area (Å²) in [5, 5.41) is 0. The molecular weight excluding hydrogens is 284 g/mol. The van der Waals surface area contributed by atoms with Crippen LogP contribution in [0.15, 0.2) is 15.9 Å². The summed E-state index contributed by atoms with van der Waals surface area (Å²) in [6, 6.07) is 4.20. The molecule has 0 saturated carbocycles. The lowest BCUT2D eigenvalue weighted by Gasteiger charge is -2.29. The van der Waals surface area contributed by atoms with E-state index in [1.165, 1.54) is 11.3 Å². The first-order valence-corrected chi connectivity index (χ1v) is 6.88. The van der Waals surface area contributed by atoms with Crippen molar-refractivity contribution in [3.63, 3.8) is 0 Å². The minimum absolute atomic E-state index is 0.220. The van der Waals surface area contributed by atoms with E-state index in [9.17, 15) is 0 Å². The van der Waals surface area contributed by atoms with Gasteiger partial charge in [0, 0.05) is 23.3 Å². The summed E-state index contributed by atoms with van der Waals surface area (Å²) < 4.78 is 6.95. The van der Waals surface area contributed by atoms with Crippen LogP contribution in [0.3, 0.4) is 0 Å². The van der Waals surface area contributed by atoms with Crippen LogP contribution < -0.4 is 0 Å². The van der Waals surface area contributed by atoms with Crippen molar-refractivity contribution in [2.24, 2.45) is 5.92 Å². The van der Waals surface area contributed by atoms with Gasteiger partial charge in [-0.2, -0.15) is 0 Å². The molecule has 2 rings (SSSR count). The van der Waals surface area contributed by atoms with E-state index in [2.05, 4.69) is 28.1 Å². The molecule has 1 saturated heterocycles. The van der Waals surface area contributed by atoms with Crippen LogP contribution in [0.25, 0.3) is 0 Å². The molecule has 1 aliphatic heterocycles. The number of hydrogen-bond donors (Lipinski definition) is 0. The predicted molar refractivity (Wildman–Crippen MR) is 64.2 cm³/mol. The highest BCUT2D eigenvalue weighted by atomic mass is 79.9. The van der Waals surface area contributed by atoms with Gasteiger partial charge in [-0.3, -0.25) is 0 Å². The summed E-state index contributed by atoms with van der Waals surface area (Å²) in [6.45, 7) is 0.869. The van der Waals surface area contributed by atoms with E-state index in [4.69, 9.17) is 16.3 Å². The molecule has 1 fully saturated rings. The summed E-state index contributed by atoms with van der Waals surface area (Å²) in [6.07, 6.45) is 2.54. The van der Waals surface area contributed by atoms with Gasteiger partial charge in [0.1, 0.15) is 0 Å². The Hall–Kier alpha value is 0.430. The van der Waals surface area contributed by atoms with Gasteiger partial charge in [-0.05, 0) is 40.9 Å². The van der Waals surface area contributed by atoms with Crippen molar-refractivity contribution in [1.82, 2.24) is 0 Å². The number of rotatable bonds is 2. The molecule has 1 aromatic rings. The zero-order chi connectivity index (χ0) is 9.97. The molecule has 0 bridgehead atoms. The van der Waals surface area contributed by atoms with Gasteiger partial charge in [-0.25, -0.2) is 0 Å². The Morgan fingerprint density at radius 3 is 3.07 bits per heavy atom. The molecule has 1 aliphatic rings. The number of alkyl halides is 1. The van der Waals surface area contributed by atoms with Crippen molar-refractivity contribution in [2.45, 2.75) is 18.9 Å². The molecule has 0 aromatic carbocycles. The van der Waals surface area contributed by atoms with Gasteiger partial charge < -0.3 is 4.74 Å². The number of hydrogen-bond acceptors (Lipinski definition) is 2. The molecule has 2 unspecified atom stereocenters. The highest BCUT2D eigenvalue weighted by Crippen LogP contribution is 2.38. The molecule has 14 heavy (non-hydrogen) atoms. The summed E-state index contributed by atoms with van der Waals surface area (Å²) in [5.74, 6) is 1.18. The van der Waals surface area contributed by atoms with Crippen LogP contribution in [0, 0.1) is 5.92 Å². The highest BCUT2D eigenvalue weighted by Gasteiger charge is 2.27. The Balaban J connectivity index is 2.14. The maximum Gasteiger partial charge on any atom is 0.0956 e. The predicted octanol–water partition coefficient (Wildman–Crippen LogP) is 4.22. The van der Waals surface area contributed by atoms with Crippen LogP contribution >= 0.6 is 38.9 Å². The second kappa shape index (κ2) is 4.97. The lowest BCUT2D eigenvalue weighted by Crippen LogP contribution is -2.22. The van der Waals surface area contributed by atoms with Crippen molar-refractivity contribution >= 4 is 38.9 Å². The van der Waals surface area contributed by atoms with Gasteiger partial charge in [-0.1, -0.05) is 0 Å². The summed E-state index contributed by atoms with van der Waals surface area (Å²) in [7, 11) is 0. The first kappa shape index (κ1) is 10.9. The molecular formula is C10H12BrClOS. The molecule has 0 spiro atoms. The molecule has 4 heteroatoms. The molecule has 1 aromatic heterocycles. The largest absolute Gasteiger partial charge is 0.372 e. The highest BCUT2D eigenvalue weighted by molar-refractivity contribution is 9.11. The van der Waals surface area contributed by atoms with Gasteiger partial charge in [0.25, 0.3) is 0 Å². The molecule has 1 nitrogen and oxygen atoms in total. The van der Waals surface area contributed by atoms with E-state index in [1.54, 1.807) is 11.3 Å². The average Bonchev–Trinajstić information content (AvgIpc) is 2.65. The monoisotopic (exact) mass is 294 g/mol. The Labute approximate surface area is 102 Å². The third kappa shape index (κ3) is 2.32. The van der Waals surface area contributed by atoms with Crippen molar-refractivity contribution in [1.29, 1.82) is 0 Å². The Morgan fingerprint density at radius 2 is 2.43 bits per heavy atom. The van der Waals surface area contributed by atoms with Crippen LogP contribution in [-0.2, 0) is 4.74 Å². The van der Waals surface area contributed by atoms with Crippen LogP contribution in [0.1, 0.15) is 23.8 Å². The average molecular weight is 296 g/mol. The Kier molecular flexibility index (Phi) is 3.88. The summed E-state index contributed by atoms with van der Waals surface area (Å²) in [4.78, 5) is 1.29. The summed E-state index contributed by atoms with van der Waals surface area (Å²) in [5.41, 5.74) is 0. The van der Waals surface area contributed by atoms with Crippen LogP contribution in [0.2, 0.25) is 0 Å². The summed E-state index contributed by atoms with van der Waals surface area (Å²) >= 11 is 11.2. The van der Waals surface area contributed by atoms with Crippen molar-refractivity contribution in [3.05, 3.63) is 20.8 Å². The quantitative estimate of drug-likeness (QED) is 0.742. The van der Waals surface area contributed by atoms with Gasteiger partial charge in [0.2, 0.25) is 0 Å². The van der Waals surface area contributed by atoms with Gasteiger partial charge >= 0.3 is 0 Å². The van der Waals surface area contributed by atoms with E-state index < -0.39 is 0 Å². The van der Waals surface area contributed by atoms with Crippen molar-refractivity contribution < 1.29 is 4.74 Å². The second-order valence-electron chi connectivity index (χ2n) is 3.49. The molecule has 2 atom stereocenters. The third-order valence-electron chi connectivity index (χ3n) is 2.52. The number of halogens is 2. The van der Waals surface area contributed by atoms with Gasteiger partial charge in [-0.15, -0.1) is 22.9 Å². The maximum absolute atomic E-state index is 5.94. The maximum atomic E-state index is 5.94. The Morgan fingerprint density at radius 1 is 1.57 bits per heavy atom. The topological polar surface area (TPSA) is 9.23 Å². The van der Waals surface area contributed by atoms with E-state index in [1.807, 2.05) is 0 Å². The zero-order valence-corrected chi connectivity index (χ0v) is 10.9. The van der Waals surface area contributed by atoms with Crippen molar-refractivity contribution in [3.8, 4) is 0 Å². The molecule has 0 radical (unpaired) electrons. The molecule has 0 amide bonds. The lowest BCUT2D eigenvalue weighted by atomic mass is 9.95. The van der Waals surface area contributed by atoms with E-state index in [-0.39, 0.29) is 6.10 Å². The number of ether oxygens (including phenoxy) is 1. The lowest BCUT2D eigenvalue weighted by molar-refractivity contribution is -0.0186. The third-order valence-corrected chi connectivity index (χ3v) is 4.60. The van der Waals surface area contributed by atoms with E-state index in [0.717, 1.165) is 16.8 Å². The van der Waals surface area contributed by atoms with Gasteiger partial charge in [0.05, 0.1) is 9.89 Å². The minimum atomic E-state index is 0.220. The molecule has 0 N–H and O–H groups in total.